The van der Waals surface area contributed by atoms with Crippen LogP contribution in [0.2, 0.25) is 0 Å². The molecule has 102 valence electrons. The molecule has 18 heavy (non-hydrogen) atoms. The highest BCUT2D eigenvalue weighted by molar-refractivity contribution is 7.89. The fourth-order valence-electron chi connectivity index (χ4n) is 1.30. The lowest BCUT2D eigenvalue weighted by molar-refractivity contribution is 0.153. The predicted octanol–water partition coefficient (Wildman–Crippen LogP) is 0.862. The van der Waals surface area contributed by atoms with E-state index in [1.165, 1.54) is 0 Å². The predicted molar refractivity (Wildman–Crippen MR) is 62.5 cm³/mol. The molecule has 0 heterocycles. The Morgan fingerprint density at radius 3 is 2.39 bits per heavy atom. The molecule has 0 aliphatic rings. The Morgan fingerprint density at radius 2 is 1.89 bits per heavy atom. The van der Waals surface area contributed by atoms with E-state index in [2.05, 4.69) is 0 Å². The van der Waals surface area contributed by atoms with Gasteiger partial charge in [-0.3, -0.25) is 0 Å². The molecule has 1 aromatic carbocycles. The van der Waals surface area contributed by atoms with Crippen molar-refractivity contribution in [2.45, 2.75) is 11.8 Å². The van der Waals surface area contributed by atoms with Crippen LogP contribution in [-0.2, 0) is 14.8 Å². The van der Waals surface area contributed by atoms with E-state index in [1.54, 1.807) is 6.92 Å². The molecule has 0 aliphatic heterocycles. The summed E-state index contributed by atoms with van der Waals surface area (Å²) in [5, 5.41) is 0. The van der Waals surface area contributed by atoms with Gasteiger partial charge in [0, 0.05) is 18.8 Å². The molecule has 0 spiro atoms. The van der Waals surface area contributed by atoms with Gasteiger partial charge in [-0.15, -0.1) is 0 Å². The zero-order chi connectivity index (χ0) is 13.8. The van der Waals surface area contributed by atoms with Crippen molar-refractivity contribution in [1.82, 2.24) is 4.72 Å². The summed E-state index contributed by atoms with van der Waals surface area (Å²) in [6, 6.07) is 1.50. The van der Waals surface area contributed by atoms with E-state index in [0.717, 1.165) is 12.1 Å². The van der Waals surface area contributed by atoms with Gasteiger partial charge in [0.25, 0.3) is 0 Å². The number of anilines is 1. The van der Waals surface area contributed by atoms with Crippen molar-refractivity contribution in [3.8, 4) is 0 Å². The zero-order valence-corrected chi connectivity index (χ0v) is 10.6. The number of nitrogens with two attached hydrogens (primary N) is 1. The molecule has 0 aliphatic carbocycles. The summed E-state index contributed by atoms with van der Waals surface area (Å²) in [5.41, 5.74) is 5.01. The lowest BCUT2D eigenvalue weighted by Crippen LogP contribution is -2.29. The van der Waals surface area contributed by atoms with Crippen LogP contribution in [0.4, 0.5) is 14.5 Å². The van der Waals surface area contributed by atoms with Crippen molar-refractivity contribution < 1.29 is 21.9 Å². The Kier molecular flexibility index (Phi) is 5.00. The van der Waals surface area contributed by atoms with Crippen LogP contribution in [-0.4, -0.2) is 28.2 Å². The quantitative estimate of drug-likeness (QED) is 0.598. The van der Waals surface area contributed by atoms with Gasteiger partial charge in [0.2, 0.25) is 10.0 Å². The molecule has 0 aromatic heterocycles. The molecule has 0 atom stereocenters. The van der Waals surface area contributed by atoms with Crippen molar-refractivity contribution >= 4 is 15.7 Å². The average Bonchev–Trinajstić information content (AvgIpc) is 2.22. The maximum absolute atomic E-state index is 13.4. The molecular formula is C10H14F2N2O3S. The minimum atomic E-state index is -4.25. The number of rotatable bonds is 6. The van der Waals surface area contributed by atoms with E-state index in [4.69, 9.17) is 10.5 Å². The summed E-state index contributed by atoms with van der Waals surface area (Å²) in [6.07, 6.45) is 0. The van der Waals surface area contributed by atoms with Crippen LogP contribution in [0.1, 0.15) is 6.92 Å². The van der Waals surface area contributed by atoms with Crippen LogP contribution in [0.5, 0.6) is 0 Å². The van der Waals surface area contributed by atoms with Gasteiger partial charge in [-0.25, -0.2) is 21.9 Å². The number of nitrogens with one attached hydrogen (secondary N) is 1. The third kappa shape index (κ3) is 3.62. The molecular weight excluding hydrogens is 266 g/mol. The fourth-order valence-corrected chi connectivity index (χ4v) is 2.43. The molecule has 0 unspecified atom stereocenters. The molecule has 3 N–H and O–H groups in total. The molecule has 1 aromatic rings. The number of hydrogen-bond acceptors (Lipinski definition) is 4. The highest BCUT2D eigenvalue weighted by atomic mass is 32.2. The third-order valence-electron chi connectivity index (χ3n) is 2.03. The number of hydrogen-bond donors (Lipinski definition) is 2. The van der Waals surface area contributed by atoms with E-state index >= 15 is 0 Å². The Morgan fingerprint density at radius 1 is 1.33 bits per heavy atom. The summed E-state index contributed by atoms with van der Waals surface area (Å²) in [5.74, 6) is -2.45. The van der Waals surface area contributed by atoms with Gasteiger partial charge in [0.1, 0.15) is 11.6 Å². The molecule has 0 bridgehead atoms. The van der Waals surface area contributed by atoms with E-state index < -0.39 is 26.6 Å². The van der Waals surface area contributed by atoms with Gasteiger partial charge < -0.3 is 10.5 Å². The second-order valence-electron chi connectivity index (χ2n) is 3.41. The van der Waals surface area contributed by atoms with Crippen LogP contribution in [0.25, 0.3) is 0 Å². The van der Waals surface area contributed by atoms with Gasteiger partial charge in [-0.05, 0) is 19.1 Å². The summed E-state index contributed by atoms with van der Waals surface area (Å²) in [4.78, 5) is -1.03. The van der Waals surface area contributed by atoms with E-state index in [0.29, 0.717) is 6.61 Å². The van der Waals surface area contributed by atoms with Crippen molar-refractivity contribution in [2.75, 3.05) is 25.5 Å². The highest BCUT2D eigenvalue weighted by Gasteiger charge is 2.24. The molecule has 0 radical (unpaired) electrons. The van der Waals surface area contributed by atoms with Crippen molar-refractivity contribution in [3.05, 3.63) is 23.8 Å². The topological polar surface area (TPSA) is 81.4 Å². The average molecular weight is 280 g/mol. The van der Waals surface area contributed by atoms with Gasteiger partial charge >= 0.3 is 0 Å². The standard InChI is InChI=1S/C10H14F2N2O3S/c1-2-17-4-3-14-18(15,16)10-8(11)5-7(13)6-9(10)12/h5-6,14H,2-4,13H2,1H3. The monoisotopic (exact) mass is 280 g/mol. The lowest BCUT2D eigenvalue weighted by Gasteiger charge is -2.09. The number of ether oxygens (including phenoxy) is 1. The van der Waals surface area contributed by atoms with Crippen LogP contribution in [0.15, 0.2) is 17.0 Å². The molecule has 0 fully saturated rings. The van der Waals surface area contributed by atoms with E-state index in [9.17, 15) is 17.2 Å². The summed E-state index contributed by atoms with van der Waals surface area (Å²) in [6.45, 7) is 2.22. The van der Waals surface area contributed by atoms with Crippen LogP contribution < -0.4 is 10.5 Å². The minimum Gasteiger partial charge on any atom is -0.399 e. The minimum absolute atomic E-state index is 0.0700. The molecule has 0 saturated carbocycles. The summed E-state index contributed by atoms with van der Waals surface area (Å²) >= 11 is 0. The zero-order valence-electron chi connectivity index (χ0n) is 9.74. The smallest absolute Gasteiger partial charge is 0.246 e. The third-order valence-corrected chi connectivity index (χ3v) is 3.54. The van der Waals surface area contributed by atoms with E-state index in [-0.39, 0.29) is 18.8 Å². The van der Waals surface area contributed by atoms with Crippen molar-refractivity contribution in [3.63, 3.8) is 0 Å². The normalized spacial score (nSPS) is 11.7. The van der Waals surface area contributed by atoms with Crippen molar-refractivity contribution in [1.29, 1.82) is 0 Å². The summed E-state index contributed by atoms with van der Waals surface area (Å²) in [7, 11) is -4.25. The van der Waals surface area contributed by atoms with Gasteiger partial charge in [0.15, 0.2) is 4.90 Å². The Bertz CT molecular complexity index is 497. The van der Waals surface area contributed by atoms with Gasteiger partial charge in [-0.2, -0.15) is 0 Å². The van der Waals surface area contributed by atoms with Gasteiger partial charge in [-0.1, -0.05) is 0 Å². The largest absolute Gasteiger partial charge is 0.399 e. The first kappa shape index (κ1) is 14.8. The maximum Gasteiger partial charge on any atom is 0.246 e. The van der Waals surface area contributed by atoms with Crippen LogP contribution >= 0.6 is 0 Å². The maximum atomic E-state index is 13.4. The first-order chi connectivity index (χ1) is 8.38. The first-order valence-corrected chi connectivity index (χ1v) is 6.68. The van der Waals surface area contributed by atoms with Crippen molar-refractivity contribution in [2.24, 2.45) is 0 Å². The Hall–Kier alpha value is -1.25. The van der Waals surface area contributed by atoms with Gasteiger partial charge in [0.05, 0.1) is 6.61 Å². The van der Waals surface area contributed by atoms with Crippen LogP contribution in [0.3, 0.4) is 0 Å². The first-order valence-electron chi connectivity index (χ1n) is 5.20. The molecule has 0 amide bonds. The number of benzene rings is 1. The fraction of sp³-hybridized carbons (Fsp3) is 0.400. The summed E-state index contributed by atoms with van der Waals surface area (Å²) < 4.78 is 57.1. The van der Waals surface area contributed by atoms with E-state index in [1.807, 2.05) is 4.72 Å². The number of halogens is 2. The molecule has 0 saturated heterocycles. The number of sulfonamides is 1. The van der Waals surface area contributed by atoms with Crippen LogP contribution in [0, 0.1) is 11.6 Å². The molecule has 5 nitrogen and oxygen atoms in total. The lowest BCUT2D eigenvalue weighted by atomic mass is 10.3. The Balaban J connectivity index is 2.92. The second kappa shape index (κ2) is 6.07. The second-order valence-corrected chi connectivity index (χ2v) is 5.11. The highest BCUT2D eigenvalue weighted by Crippen LogP contribution is 2.21. The number of nitrogen functional groups attached to an aromatic ring is 1. The molecule has 1 rings (SSSR count). The SMILES string of the molecule is CCOCCNS(=O)(=O)c1c(F)cc(N)cc1F. The molecule has 8 heteroatoms. The Labute approximate surface area is 104 Å².